The lowest BCUT2D eigenvalue weighted by atomic mass is 10.0. The first kappa shape index (κ1) is 13.7. The molecule has 2 fully saturated rings. The van der Waals surface area contributed by atoms with Crippen LogP contribution in [0.5, 0.6) is 0 Å². The molecule has 0 spiro atoms. The van der Waals surface area contributed by atoms with Crippen molar-refractivity contribution in [2.45, 2.75) is 31.3 Å². The van der Waals surface area contributed by atoms with Gasteiger partial charge in [0.25, 0.3) is 0 Å². The number of nitrogens with zero attached hydrogens (tertiary/aromatic N) is 2. The maximum atomic E-state index is 3.63. The van der Waals surface area contributed by atoms with E-state index < -0.39 is 0 Å². The first-order valence-corrected chi connectivity index (χ1v) is 8.11. The molecule has 0 aliphatic carbocycles. The summed E-state index contributed by atoms with van der Waals surface area (Å²) in [6, 6.07) is 1.53. The van der Waals surface area contributed by atoms with Crippen LogP contribution in [0.3, 0.4) is 0 Å². The minimum atomic E-state index is 0.758. The summed E-state index contributed by atoms with van der Waals surface area (Å²) < 4.78 is 0. The molecule has 3 nitrogen and oxygen atoms in total. The van der Waals surface area contributed by atoms with Crippen molar-refractivity contribution in [3.8, 4) is 0 Å². The lowest BCUT2D eigenvalue weighted by Gasteiger charge is -2.37. The van der Waals surface area contributed by atoms with Gasteiger partial charge >= 0.3 is 0 Å². The molecular weight excluding hydrogens is 230 g/mol. The van der Waals surface area contributed by atoms with Crippen LogP contribution in [0.25, 0.3) is 0 Å². The molecule has 2 rings (SSSR count). The van der Waals surface area contributed by atoms with Crippen molar-refractivity contribution in [3.05, 3.63) is 0 Å². The van der Waals surface area contributed by atoms with Gasteiger partial charge in [-0.05, 0) is 46.4 Å². The molecule has 0 bridgehead atoms. The van der Waals surface area contributed by atoms with Crippen molar-refractivity contribution in [1.29, 1.82) is 0 Å². The Hall–Kier alpha value is 0.230. The number of rotatable bonds is 4. The van der Waals surface area contributed by atoms with Crippen molar-refractivity contribution in [3.63, 3.8) is 0 Å². The molecule has 0 radical (unpaired) electrons. The fourth-order valence-corrected chi connectivity index (χ4v) is 3.80. The molecule has 17 heavy (non-hydrogen) atoms. The van der Waals surface area contributed by atoms with Crippen LogP contribution in [0.1, 0.15) is 19.3 Å². The molecule has 0 amide bonds. The smallest absolute Gasteiger partial charge is 0.0217 e. The van der Waals surface area contributed by atoms with E-state index in [0.717, 1.165) is 12.1 Å². The Labute approximate surface area is 110 Å². The van der Waals surface area contributed by atoms with E-state index in [1.807, 2.05) is 0 Å². The largest absolute Gasteiger partial charge is 0.312 e. The highest BCUT2D eigenvalue weighted by atomic mass is 32.2. The summed E-state index contributed by atoms with van der Waals surface area (Å²) in [4.78, 5) is 5.05. The van der Waals surface area contributed by atoms with E-state index in [-0.39, 0.29) is 0 Å². The summed E-state index contributed by atoms with van der Waals surface area (Å²) >= 11 is 2.11. The fourth-order valence-electron chi connectivity index (χ4n) is 2.80. The molecule has 2 heterocycles. The zero-order valence-corrected chi connectivity index (χ0v) is 12.1. The maximum absolute atomic E-state index is 3.63. The quantitative estimate of drug-likeness (QED) is 0.813. The van der Waals surface area contributed by atoms with Crippen molar-refractivity contribution >= 4 is 11.8 Å². The summed E-state index contributed by atoms with van der Waals surface area (Å²) in [6.45, 7) is 5.06. The molecule has 0 aromatic rings. The number of thioether (sulfide) groups is 1. The molecular formula is C13H27N3S. The van der Waals surface area contributed by atoms with Crippen LogP contribution in [0, 0.1) is 0 Å². The highest BCUT2D eigenvalue weighted by Crippen LogP contribution is 2.16. The van der Waals surface area contributed by atoms with E-state index in [0.29, 0.717) is 0 Å². The normalized spacial score (nSPS) is 31.9. The standard InChI is InChI=1S/C13H27N3S/c1-15(2)13-4-3-7-16(10-13)8-5-12-11-17-9-6-14-12/h12-14H,3-11H2,1-2H3. The van der Waals surface area contributed by atoms with E-state index in [4.69, 9.17) is 0 Å². The third-order valence-electron chi connectivity index (χ3n) is 4.00. The predicted octanol–water partition coefficient (Wildman–Crippen LogP) is 1.11. The van der Waals surface area contributed by atoms with Gasteiger partial charge in [-0.15, -0.1) is 0 Å². The highest BCUT2D eigenvalue weighted by Gasteiger charge is 2.22. The molecule has 0 aromatic carbocycles. The average molecular weight is 257 g/mol. The molecule has 100 valence electrons. The maximum Gasteiger partial charge on any atom is 0.0217 e. The number of nitrogens with one attached hydrogen (secondary N) is 1. The van der Waals surface area contributed by atoms with Crippen molar-refractivity contribution in [2.24, 2.45) is 0 Å². The minimum Gasteiger partial charge on any atom is -0.312 e. The Kier molecular flexibility index (Phi) is 5.60. The van der Waals surface area contributed by atoms with Crippen molar-refractivity contribution in [2.75, 3.05) is 51.8 Å². The SMILES string of the molecule is CN(C)C1CCCN(CCC2CSCCN2)C1. The second-order valence-corrected chi connectivity index (χ2v) is 6.72. The lowest BCUT2D eigenvalue weighted by Crippen LogP contribution is -2.47. The molecule has 2 aliphatic heterocycles. The van der Waals surface area contributed by atoms with Gasteiger partial charge in [-0.2, -0.15) is 11.8 Å². The van der Waals surface area contributed by atoms with Crippen LogP contribution >= 0.6 is 11.8 Å². The Balaban J connectivity index is 1.67. The Bertz CT molecular complexity index is 217. The van der Waals surface area contributed by atoms with E-state index in [1.165, 1.54) is 56.9 Å². The fraction of sp³-hybridized carbons (Fsp3) is 1.00. The topological polar surface area (TPSA) is 18.5 Å². The Morgan fingerprint density at radius 3 is 3.00 bits per heavy atom. The van der Waals surface area contributed by atoms with Gasteiger partial charge in [-0.3, -0.25) is 0 Å². The van der Waals surface area contributed by atoms with Crippen LogP contribution in [0.15, 0.2) is 0 Å². The minimum absolute atomic E-state index is 0.758. The van der Waals surface area contributed by atoms with E-state index in [2.05, 4.69) is 41.0 Å². The summed E-state index contributed by atoms with van der Waals surface area (Å²) in [5.41, 5.74) is 0. The van der Waals surface area contributed by atoms with Crippen LogP contribution in [-0.4, -0.2) is 73.7 Å². The molecule has 2 atom stereocenters. The zero-order valence-electron chi connectivity index (χ0n) is 11.3. The lowest BCUT2D eigenvalue weighted by molar-refractivity contribution is 0.130. The van der Waals surface area contributed by atoms with Gasteiger partial charge < -0.3 is 15.1 Å². The van der Waals surface area contributed by atoms with E-state index in [9.17, 15) is 0 Å². The molecule has 2 aliphatic rings. The molecule has 2 saturated heterocycles. The van der Waals surface area contributed by atoms with Gasteiger partial charge in [0.2, 0.25) is 0 Å². The average Bonchev–Trinajstić information content (AvgIpc) is 2.38. The predicted molar refractivity (Wildman–Crippen MR) is 76.9 cm³/mol. The van der Waals surface area contributed by atoms with Gasteiger partial charge in [0.05, 0.1) is 0 Å². The van der Waals surface area contributed by atoms with E-state index >= 15 is 0 Å². The molecule has 4 heteroatoms. The molecule has 0 saturated carbocycles. The third kappa shape index (κ3) is 4.43. The van der Waals surface area contributed by atoms with Crippen LogP contribution in [-0.2, 0) is 0 Å². The summed E-state index contributed by atoms with van der Waals surface area (Å²) in [7, 11) is 4.43. The Morgan fingerprint density at radius 2 is 2.29 bits per heavy atom. The first-order chi connectivity index (χ1) is 8.25. The number of likely N-dealkylation sites (N-methyl/N-ethyl adjacent to an activating group) is 1. The first-order valence-electron chi connectivity index (χ1n) is 6.95. The van der Waals surface area contributed by atoms with Gasteiger partial charge in [0.1, 0.15) is 0 Å². The summed E-state index contributed by atoms with van der Waals surface area (Å²) in [6.07, 6.45) is 4.07. The van der Waals surface area contributed by atoms with Crippen LogP contribution < -0.4 is 5.32 Å². The number of piperidine rings is 1. The van der Waals surface area contributed by atoms with Gasteiger partial charge in [-0.1, -0.05) is 0 Å². The van der Waals surface area contributed by atoms with Gasteiger partial charge in [0.15, 0.2) is 0 Å². The number of hydrogen-bond donors (Lipinski definition) is 1. The zero-order chi connectivity index (χ0) is 12.1. The number of hydrogen-bond acceptors (Lipinski definition) is 4. The highest BCUT2D eigenvalue weighted by molar-refractivity contribution is 7.99. The summed E-state index contributed by atoms with van der Waals surface area (Å²) in [5.74, 6) is 2.61. The van der Waals surface area contributed by atoms with Crippen molar-refractivity contribution in [1.82, 2.24) is 15.1 Å². The number of likely N-dealkylation sites (tertiary alicyclic amines) is 1. The molecule has 2 unspecified atom stereocenters. The second-order valence-electron chi connectivity index (χ2n) is 5.57. The Morgan fingerprint density at radius 1 is 1.41 bits per heavy atom. The molecule has 1 N–H and O–H groups in total. The second kappa shape index (κ2) is 6.98. The van der Waals surface area contributed by atoms with Crippen LogP contribution in [0.2, 0.25) is 0 Å². The summed E-state index contributed by atoms with van der Waals surface area (Å²) in [5, 5.41) is 3.63. The van der Waals surface area contributed by atoms with Crippen molar-refractivity contribution < 1.29 is 0 Å². The van der Waals surface area contributed by atoms with Gasteiger partial charge in [0, 0.05) is 36.7 Å². The van der Waals surface area contributed by atoms with E-state index in [1.54, 1.807) is 0 Å². The van der Waals surface area contributed by atoms with Gasteiger partial charge in [-0.25, -0.2) is 0 Å². The van der Waals surface area contributed by atoms with Crippen LogP contribution in [0.4, 0.5) is 0 Å². The monoisotopic (exact) mass is 257 g/mol. The third-order valence-corrected chi connectivity index (χ3v) is 5.13. The molecule has 0 aromatic heterocycles.